The topological polar surface area (TPSA) is 158 Å². The number of aliphatic hydroxyl groups excluding tert-OH is 1. The minimum atomic E-state index is -0.601. The van der Waals surface area contributed by atoms with Gasteiger partial charge in [0.15, 0.2) is 5.65 Å². The number of nitrogens with zero attached hydrogens (tertiary/aromatic N) is 6. The van der Waals surface area contributed by atoms with Crippen molar-refractivity contribution in [2.45, 2.75) is 32.0 Å². The van der Waals surface area contributed by atoms with Crippen molar-refractivity contribution in [3.63, 3.8) is 0 Å². The van der Waals surface area contributed by atoms with Gasteiger partial charge in [-0.1, -0.05) is 53.5 Å². The van der Waals surface area contributed by atoms with E-state index in [0.29, 0.717) is 75.1 Å². The van der Waals surface area contributed by atoms with E-state index < -0.39 is 17.4 Å². The lowest BCUT2D eigenvalue weighted by molar-refractivity contribution is -0.0281. The van der Waals surface area contributed by atoms with E-state index in [0.717, 1.165) is 4.57 Å². The third-order valence-electron chi connectivity index (χ3n) is 8.09. The second-order valence-electron chi connectivity index (χ2n) is 11.1. The van der Waals surface area contributed by atoms with E-state index in [2.05, 4.69) is 30.6 Å². The van der Waals surface area contributed by atoms with E-state index in [1.807, 2.05) is 24.3 Å². The van der Waals surface area contributed by atoms with Crippen LogP contribution in [0.5, 0.6) is 5.88 Å². The summed E-state index contributed by atoms with van der Waals surface area (Å²) >= 11 is 14.0. The fraction of sp³-hybridized carbons (Fsp3) is 0.312. The quantitative estimate of drug-likeness (QED) is 0.219. The molecule has 0 spiro atoms. The molecule has 1 fully saturated rings. The number of anilines is 2. The first-order valence-corrected chi connectivity index (χ1v) is 15.5. The molecule has 13 nitrogen and oxygen atoms in total. The third-order valence-corrected chi connectivity index (χ3v) is 8.91. The van der Waals surface area contributed by atoms with Crippen LogP contribution in [0.1, 0.15) is 17.9 Å². The first kappa shape index (κ1) is 32.5. The van der Waals surface area contributed by atoms with Crippen molar-refractivity contribution in [1.29, 1.82) is 0 Å². The molecule has 1 aliphatic rings. The Bertz CT molecular complexity index is 2120. The summed E-state index contributed by atoms with van der Waals surface area (Å²) in [6.07, 6.45) is 1.71. The first-order chi connectivity index (χ1) is 22.6. The largest absolute Gasteiger partial charge is 0.480 e. The molecule has 5 aromatic rings. The summed E-state index contributed by atoms with van der Waals surface area (Å²) in [5, 5.41) is 17.6. The maximum absolute atomic E-state index is 13.1. The van der Waals surface area contributed by atoms with Gasteiger partial charge in [0.25, 0.3) is 5.56 Å². The molecule has 6 rings (SSSR count). The predicted molar refractivity (Wildman–Crippen MR) is 180 cm³/mol. The van der Waals surface area contributed by atoms with Crippen molar-refractivity contribution >= 4 is 45.7 Å². The molecular formula is C32H32Cl2N8O5. The van der Waals surface area contributed by atoms with Gasteiger partial charge in [0.05, 0.1) is 47.4 Å². The molecule has 1 aliphatic heterocycles. The van der Waals surface area contributed by atoms with Crippen LogP contribution in [0.2, 0.25) is 10.0 Å². The molecule has 0 aliphatic carbocycles. The molecule has 4 heterocycles. The predicted octanol–water partition coefficient (Wildman–Crippen LogP) is 3.76. The Morgan fingerprint density at radius 3 is 2.49 bits per heavy atom. The number of aromatic nitrogens is 6. The lowest BCUT2D eigenvalue weighted by Gasteiger charge is -2.28. The molecule has 1 saturated heterocycles. The lowest BCUT2D eigenvalue weighted by Crippen LogP contribution is -2.46. The first-order valence-electron chi connectivity index (χ1n) is 14.8. The van der Waals surface area contributed by atoms with Gasteiger partial charge in [0.2, 0.25) is 5.88 Å². The Morgan fingerprint density at radius 1 is 1.02 bits per heavy atom. The third kappa shape index (κ3) is 6.20. The zero-order valence-corrected chi connectivity index (χ0v) is 27.6. The number of hydrogen-bond donors (Lipinski definition) is 3. The van der Waals surface area contributed by atoms with Crippen LogP contribution in [-0.4, -0.2) is 66.6 Å². The van der Waals surface area contributed by atoms with Crippen LogP contribution < -0.4 is 26.6 Å². The molecule has 0 amide bonds. The maximum atomic E-state index is 13.1. The van der Waals surface area contributed by atoms with Gasteiger partial charge in [-0.3, -0.25) is 18.9 Å². The summed E-state index contributed by atoms with van der Waals surface area (Å²) in [6.45, 7) is 2.89. The van der Waals surface area contributed by atoms with Crippen molar-refractivity contribution in [3.8, 4) is 28.3 Å². The fourth-order valence-electron chi connectivity index (χ4n) is 5.56. The number of ether oxygens (including phenoxy) is 2. The number of nitrogens with one attached hydrogen (secondary N) is 2. The Hall–Kier alpha value is -4.40. The molecule has 2 atom stereocenters. The average Bonchev–Trinajstić information content (AvgIpc) is 3.07. The van der Waals surface area contributed by atoms with E-state index in [4.69, 9.17) is 32.7 Å². The van der Waals surface area contributed by atoms with Gasteiger partial charge >= 0.3 is 5.69 Å². The number of halogens is 2. The molecular weight excluding hydrogens is 647 g/mol. The van der Waals surface area contributed by atoms with Crippen molar-refractivity contribution in [3.05, 3.63) is 85.0 Å². The van der Waals surface area contributed by atoms with E-state index >= 15 is 0 Å². The summed E-state index contributed by atoms with van der Waals surface area (Å²) in [5.41, 5.74) is 2.60. The molecule has 0 saturated carbocycles. The molecule has 2 aromatic carbocycles. The van der Waals surface area contributed by atoms with E-state index in [9.17, 15) is 14.7 Å². The second-order valence-corrected chi connectivity index (χ2v) is 11.9. The van der Waals surface area contributed by atoms with Crippen LogP contribution in [0.3, 0.4) is 0 Å². The van der Waals surface area contributed by atoms with Crippen LogP contribution >= 0.6 is 23.2 Å². The molecule has 3 aromatic heterocycles. The van der Waals surface area contributed by atoms with Crippen LogP contribution in [0.15, 0.2) is 52.2 Å². The normalized spacial score (nSPS) is 16.4. The van der Waals surface area contributed by atoms with Gasteiger partial charge in [0.1, 0.15) is 22.7 Å². The van der Waals surface area contributed by atoms with Crippen LogP contribution in [0, 0.1) is 6.92 Å². The lowest BCUT2D eigenvalue weighted by atomic mass is 10.0. The molecule has 0 radical (unpaired) electrons. The Kier molecular flexibility index (Phi) is 9.26. The van der Waals surface area contributed by atoms with Gasteiger partial charge < -0.3 is 25.2 Å². The Labute approximate surface area is 279 Å². The minimum absolute atomic E-state index is 0.118. The van der Waals surface area contributed by atoms with Gasteiger partial charge in [-0.25, -0.2) is 19.7 Å². The van der Waals surface area contributed by atoms with Gasteiger partial charge in [-0.05, 0) is 19.4 Å². The number of methoxy groups -OCH3 is 1. The average molecular weight is 680 g/mol. The van der Waals surface area contributed by atoms with E-state index in [1.165, 1.54) is 18.7 Å². The van der Waals surface area contributed by atoms with Gasteiger partial charge in [-0.15, -0.1) is 0 Å². The van der Waals surface area contributed by atoms with E-state index in [-0.39, 0.29) is 29.5 Å². The van der Waals surface area contributed by atoms with Gasteiger partial charge in [-0.2, -0.15) is 0 Å². The Balaban J connectivity index is 1.34. The fourth-order valence-corrected chi connectivity index (χ4v) is 6.16. The zero-order valence-electron chi connectivity index (χ0n) is 26.0. The summed E-state index contributed by atoms with van der Waals surface area (Å²) in [7, 11) is 4.47. The number of aliphatic hydroxyl groups is 1. The number of aryl methyl sites for hydroxylation is 2. The number of rotatable bonds is 8. The standard InChI is InChI=1S/C32H32Cl2N8O5/c1-16-37-28(25-29(38-16)41(2)32(45)42(3)31(25)44)39-21-10-6-8-18(27(21)34)17-7-5-9-19(26(17)33)22-13-36-23(30(40-22)46-4)14-35-20-11-12-47-15-24(20)43/h5-10,13,20,24,35,43H,11-12,14-15H2,1-4H3,(H,37,38,39)/t20-,24+/m0/s1. The highest BCUT2D eigenvalue weighted by atomic mass is 35.5. The summed E-state index contributed by atoms with van der Waals surface area (Å²) in [4.78, 5) is 43.8. The number of fused-ring (bicyclic) bond motifs is 1. The maximum Gasteiger partial charge on any atom is 0.332 e. The number of hydrogen-bond acceptors (Lipinski definition) is 11. The van der Waals surface area contributed by atoms with Gasteiger partial charge in [0, 0.05) is 50.0 Å². The van der Waals surface area contributed by atoms with Crippen LogP contribution in [0.4, 0.5) is 11.5 Å². The van der Waals surface area contributed by atoms with Crippen molar-refractivity contribution in [1.82, 2.24) is 34.4 Å². The van der Waals surface area contributed by atoms with Crippen molar-refractivity contribution in [2.75, 3.05) is 25.6 Å². The minimum Gasteiger partial charge on any atom is -0.480 e. The summed E-state index contributed by atoms with van der Waals surface area (Å²) < 4.78 is 13.2. The van der Waals surface area contributed by atoms with Crippen LogP contribution in [-0.2, 0) is 25.4 Å². The van der Waals surface area contributed by atoms with Crippen molar-refractivity contribution < 1.29 is 14.6 Å². The highest BCUT2D eigenvalue weighted by Crippen LogP contribution is 2.42. The Morgan fingerprint density at radius 2 is 1.74 bits per heavy atom. The molecule has 0 bridgehead atoms. The van der Waals surface area contributed by atoms with E-state index in [1.54, 1.807) is 32.3 Å². The monoisotopic (exact) mass is 678 g/mol. The molecule has 47 heavy (non-hydrogen) atoms. The summed E-state index contributed by atoms with van der Waals surface area (Å²) in [6, 6.07) is 10.8. The number of benzene rings is 2. The molecule has 0 unspecified atom stereocenters. The molecule has 3 N–H and O–H groups in total. The van der Waals surface area contributed by atoms with Crippen LogP contribution in [0.25, 0.3) is 33.4 Å². The molecule has 244 valence electrons. The highest BCUT2D eigenvalue weighted by Gasteiger charge is 2.24. The SMILES string of the molecule is COc1nc(-c2cccc(-c3cccc(Nc4nc(C)nc5c4c(=O)n(C)c(=O)n5C)c3Cl)c2Cl)cnc1CN[C@H]1CCOC[C@H]1O. The van der Waals surface area contributed by atoms with Crippen molar-refractivity contribution in [2.24, 2.45) is 14.1 Å². The molecule has 15 heteroatoms. The summed E-state index contributed by atoms with van der Waals surface area (Å²) in [5.74, 6) is 0.912. The highest BCUT2D eigenvalue weighted by molar-refractivity contribution is 6.39. The zero-order chi connectivity index (χ0) is 33.4. The second kappa shape index (κ2) is 13.4. The smallest absolute Gasteiger partial charge is 0.332 e.